The van der Waals surface area contributed by atoms with Gasteiger partial charge in [-0.25, -0.2) is 0 Å². The van der Waals surface area contributed by atoms with Crippen molar-refractivity contribution in [1.82, 2.24) is 10.2 Å². The molecule has 0 saturated carbocycles. The third kappa shape index (κ3) is 4.23. The van der Waals surface area contributed by atoms with E-state index in [1.165, 1.54) is 10.5 Å². The second kappa shape index (κ2) is 8.81. The molecular formula is C24H24ClN3O2S. The first kappa shape index (κ1) is 21.5. The fourth-order valence-electron chi connectivity index (χ4n) is 4.00. The van der Waals surface area contributed by atoms with Crippen molar-refractivity contribution in [2.24, 2.45) is 0 Å². The maximum Gasteiger partial charge on any atom is 0.265 e. The molecule has 0 bridgehead atoms. The van der Waals surface area contributed by atoms with E-state index >= 15 is 0 Å². The number of halogens is 1. The highest BCUT2D eigenvalue weighted by Gasteiger charge is 2.35. The molecule has 0 unspecified atom stereocenters. The van der Waals surface area contributed by atoms with Gasteiger partial charge in [-0.3, -0.25) is 19.8 Å². The summed E-state index contributed by atoms with van der Waals surface area (Å²) >= 11 is 11.5. The number of amides is 2. The molecule has 1 atom stereocenters. The van der Waals surface area contributed by atoms with Crippen molar-refractivity contribution in [3.63, 3.8) is 0 Å². The van der Waals surface area contributed by atoms with Crippen LogP contribution in [0, 0.1) is 0 Å². The van der Waals surface area contributed by atoms with Gasteiger partial charge < -0.3 is 4.90 Å². The van der Waals surface area contributed by atoms with Crippen molar-refractivity contribution in [2.45, 2.75) is 39.3 Å². The Morgan fingerprint density at radius 1 is 1.23 bits per heavy atom. The van der Waals surface area contributed by atoms with E-state index in [2.05, 4.69) is 16.3 Å². The molecule has 2 aliphatic heterocycles. The molecule has 5 nitrogen and oxygen atoms in total. The molecule has 1 fully saturated rings. The molecule has 1 saturated heterocycles. The van der Waals surface area contributed by atoms with Gasteiger partial charge in [-0.2, -0.15) is 0 Å². The molecule has 1 N–H and O–H groups in total. The predicted octanol–water partition coefficient (Wildman–Crippen LogP) is 4.33. The van der Waals surface area contributed by atoms with Gasteiger partial charge in [-0.1, -0.05) is 42.8 Å². The molecule has 0 aromatic heterocycles. The largest absolute Gasteiger partial charge is 0.367 e. The number of benzene rings is 2. The molecule has 0 radical (unpaired) electrons. The molecule has 7 heteroatoms. The second-order valence-electron chi connectivity index (χ2n) is 7.90. The fourth-order valence-corrected chi connectivity index (χ4v) is 4.55. The Morgan fingerprint density at radius 3 is 2.74 bits per heavy atom. The van der Waals surface area contributed by atoms with E-state index in [0.717, 1.165) is 47.8 Å². The second-order valence-corrected chi connectivity index (χ2v) is 8.69. The lowest BCUT2D eigenvalue weighted by Crippen LogP contribution is -2.56. The summed E-state index contributed by atoms with van der Waals surface area (Å²) in [4.78, 5) is 29.2. The van der Waals surface area contributed by atoms with Crippen LogP contribution >= 0.6 is 23.8 Å². The number of fused-ring (bicyclic) bond motifs is 1. The normalized spacial score (nSPS) is 18.4. The van der Waals surface area contributed by atoms with E-state index in [-0.39, 0.29) is 22.6 Å². The van der Waals surface area contributed by atoms with E-state index < -0.39 is 5.91 Å². The molecular weight excluding hydrogens is 430 g/mol. The van der Waals surface area contributed by atoms with Gasteiger partial charge in [0.05, 0.1) is 0 Å². The lowest BCUT2D eigenvalue weighted by molar-refractivity contribution is -0.130. The van der Waals surface area contributed by atoms with Gasteiger partial charge in [-0.15, -0.1) is 0 Å². The van der Waals surface area contributed by atoms with Crippen molar-refractivity contribution in [3.05, 3.63) is 69.8 Å². The topological polar surface area (TPSA) is 52.7 Å². The monoisotopic (exact) mass is 453 g/mol. The summed E-state index contributed by atoms with van der Waals surface area (Å²) in [5, 5.41) is 3.58. The molecule has 160 valence electrons. The van der Waals surface area contributed by atoms with Crippen molar-refractivity contribution in [3.8, 4) is 0 Å². The van der Waals surface area contributed by atoms with Crippen LogP contribution < -0.4 is 10.2 Å². The quantitative estimate of drug-likeness (QED) is 0.416. The van der Waals surface area contributed by atoms with E-state index in [0.29, 0.717) is 0 Å². The maximum absolute atomic E-state index is 13.0. The van der Waals surface area contributed by atoms with Crippen molar-refractivity contribution in [2.75, 3.05) is 11.4 Å². The Morgan fingerprint density at radius 2 is 2.00 bits per heavy atom. The van der Waals surface area contributed by atoms with Crippen LogP contribution in [0.25, 0.3) is 6.08 Å². The van der Waals surface area contributed by atoms with E-state index in [9.17, 15) is 9.59 Å². The average molecular weight is 454 g/mol. The minimum atomic E-state index is -0.449. The molecule has 2 amide bonds. The summed E-state index contributed by atoms with van der Waals surface area (Å²) in [5.41, 5.74) is 4.38. The molecule has 2 aliphatic rings. The number of rotatable bonds is 5. The van der Waals surface area contributed by atoms with Crippen LogP contribution in [0.3, 0.4) is 0 Å². The zero-order valence-electron chi connectivity index (χ0n) is 17.5. The maximum atomic E-state index is 13.0. The number of hydrogen-bond acceptors (Lipinski definition) is 4. The summed E-state index contributed by atoms with van der Waals surface area (Å²) in [5.74, 6) is -0.792. The summed E-state index contributed by atoms with van der Waals surface area (Å²) in [6, 6.07) is 13.8. The lowest BCUT2D eigenvalue weighted by atomic mass is 10.0. The Labute approximate surface area is 192 Å². The van der Waals surface area contributed by atoms with Crippen LogP contribution in [0.4, 0.5) is 5.69 Å². The third-order valence-electron chi connectivity index (χ3n) is 5.89. The van der Waals surface area contributed by atoms with Gasteiger partial charge in [-0.05, 0) is 72.9 Å². The Hall–Kier alpha value is -2.70. The highest BCUT2D eigenvalue weighted by molar-refractivity contribution is 7.80. The molecule has 2 aromatic carbocycles. The minimum absolute atomic E-state index is 0.0811. The van der Waals surface area contributed by atoms with Gasteiger partial charge in [0.25, 0.3) is 11.8 Å². The van der Waals surface area contributed by atoms with Crippen molar-refractivity contribution < 1.29 is 9.59 Å². The number of carbonyl (C=O) groups excluding carboxylic acids is 2. The number of hydrogen-bond donors (Lipinski definition) is 1. The molecule has 2 heterocycles. The Bertz CT molecular complexity index is 1100. The van der Waals surface area contributed by atoms with Gasteiger partial charge in [0.1, 0.15) is 5.57 Å². The number of nitrogens with zero attached hydrogens (tertiary/aromatic N) is 2. The smallest absolute Gasteiger partial charge is 0.265 e. The van der Waals surface area contributed by atoms with Gasteiger partial charge in [0, 0.05) is 29.8 Å². The number of carbonyl (C=O) groups is 2. The zero-order chi connectivity index (χ0) is 22.1. The summed E-state index contributed by atoms with van der Waals surface area (Å²) in [6.07, 6.45) is 3.31. The summed E-state index contributed by atoms with van der Waals surface area (Å²) in [6.45, 7) is 5.54. The van der Waals surface area contributed by atoms with Gasteiger partial charge in [0.15, 0.2) is 5.11 Å². The minimum Gasteiger partial charge on any atom is -0.367 e. The summed E-state index contributed by atoms with van der Waals surface area (Å²) in [7, 11) is 0. The Kier molecular flexibility index (Phi) is 6.12. The highest BCUT2D eigenvalue weighted by atomic mass is 35.5. The van der Waals surface area contributed by atoms with Crippen molar-refractivity contribution >= 4 is 52.5 Å². The van der Waals surface area contributed by atoms with Crippen LogP contribution in [0.2, 0.25) is 5.02 Å². The van der Waals surface area contributed by atoms with Crippen LogP contribution in [0.15, 0.2) is 48.0 Å². The van der Waals surface area contributed by atoms with Crippen molar-refractivity contribution in [1.29, 1.82) is 0 Å². The first-order chi connectivity index (χ1) is 14.9. The predicted molar refractivity (Wildman–Crippen MR) is 128 cm³/mol. The Balaban J connectivity index is 1.59. The average Bonchev–Trinajstić information content (AvgIpc) is 3.14. The number of nitrogens with one attached hydrogen (secondary N) is 1. The van der Waals surface area contributed by atoms with Crippen LogP contribution in [-0.2, 0) is 22.6 Å². The number of anilines is 1. The van der Waals surface area contributed by atoms with Crippen LogP contribution in [0.1, 0.15) is 37.0 Å². The summed E-state index contributed by atoms with van der Waals surface area (Å²) < 4.78 is 0. The molecule has 0 aliphatic carbocycles. The standard InChI is InChI=1S/C24H24ClN3O2S/c1-3-15(2)28-23(30)19(22(29)26-24(28)31)13-16-8-9-21-17(12-16)10-11-27(21)14-18-6-4-5-7-20(18)25/h4-9,12-13,15H,3,10-11,14H2,1-2H3,(H,26,29,31)/b19-13+/t15-/m1/s1. The van der Waals surface area contributed by atoms with E-state index in [1.54, 1.807) is 6.08 Å². The number of thiocarbonyl (C=S) groups is 1. The molecule has 4 rings (SSSR count). The molecule has 0 spiro atoms. The van der Waals surface area contributed by atoms with Crippen LogP contribution in [-0.4, -0.2) is 34.4 Å². The van der Waals surface area contributed by atoms with E-state index in [4.69, 9.17) is 23.8 Å². The SMILES string of the molecule is CC[C@@H](C)N1C(=O)/C(=C/c2ccc3c(c2)CCN3Cc2ccccc2Cl)C(=O)NC1=S. The van der Waals surface area contributed by atoms with Gasteiger partial charge in [0.2, 0.25) is 0 Å². The first-order valence-corrected chi connectivity index (χ1v) is 11.2. The lowest BCUT2D eigenvalue weighted by Gasteiger charge is -2.33. The zero-order valence-corrected chi connectivity index (χ0v) is 19.1. The third-order valence-corrected chi connectivity index (χ3v) is 6.56. The fraction of sp³-hybridized carbons (Fsp3) is 0.292. The van der Waals surface area contributed by atoms with Gasteiger partial charge >= 0.3 is 0 Å². The van der Waals surface area contributed by atoms with E-state index in [1.807, 2.05) is 50.2 Å². The highest BCUT2D eigenvalue weighted by Crippen LogP contribution is 2.32. The molecule has 31 heavy (non-hydrogen) atoms. The van der Waals surface area contributed by atoms with Crippen LogP contribution in [0.5, 0.6) is 0 Å². The molecule has 2 aromatic rings. The first-order valence-electron chi connectivity index (χ1n) is 10.4.